The van der Waals surface area contributed by atoms with Crippen molar-refractivity contribution in [1.82, 2.24) is 15.1 Å². The second-order valence-corrected chi connectivity index (χ2v) is 3.84. The lowest BCUT2D eigenvalue weighted by Gasteiger charge is -2.04. The number of aromatic nitrogens is 2. The second-order valence-electron chi connectivity index (χ2n) is 3.44. The third-order valence-electron chi connectivity index (χ3n) is 2.27. The van der Waals surface area contributed by atoms with E-state index in [4.69, 9.17) is 17.3 Å². The molecule has 0 atom stereocenters. The molecule has 0 fully saturated rings. The Labute approximate surface area is 103 Å². The average Bonchev–Trinajstić information content (AvgIpc) is 2.77. The summed E-state index contributed by atoms with van der Waals surface area (Å²) in [5, 5.41) is 7.11. The molecule has 0 bridgehead atoms. The number of carbonyl (C=O) groups excluding carboxylic acids is 1. The van der Waals surface area contributed by atoms with E-state index in [1.54, 1.807) is 37.5 Å². The van der Waals surface area contributed by atoms with Gasteiger partial charge in [-0.1, -0.05) is 11.6 Å². The maximum Gasteiger partial charge on any atom is 0.271 e. The molecule has 1 aromatic carbocycles. The van der Waals surface area contributed by atoms with Crippen molar-refractivity contribution in [3.63, 3.8) is 0 Å². The molecule has 17 heavy (non-hydrogen) atoms. The van der Waals surface area contributed by atoms with Gasteiger partial charge in [0.2, 0.25) is 0 Å². The number of carbonyl (C=O) groups is 1. The van der Waals surface area contributed by atoms with Crippen molar-refractivity contribution in [3.8, 4) is 5.69 Å². The van der Waals surface area contributed by atoms with Crippen LogP contribution in [-0.4, -0.2) is 22.7 Å². The van der Waals surface area contributed by atoms with Gasteiger partial charge in [0.25, 0.3) is 5.91 Å². The lowest BCUT2D eigenvalue weighted by molar-refractivity contribution is 0.0957. The highest BCUT2D eigenvalue weighted by Crippen LogP contribution is 2.22. The largest absolute Gasteiger partial charge is 0.399 e. The summed E-state index contributed by atoms with van der Waals surface area (Å²) in [5.41, 5.74) is 7.19. The zero-order valence-corrected chi connectivity index (χ0v) is 9.90. The maximum absolute atomic E-state index is 11.4. The first kappa shape index (κ1) is 11.5. The minimum atomic E-state index is -0.240. The van der Waals surface area contributed by atoms with Crippen LogP contribution in [0.15, 0.2) is 30.5 Å². The predicted octanol–water partition coefficient (Wildman–Crippen LogP) is 1.47. The number of anilines is 1. The van der Waals surface area contributed by atoms with Gasteiger partial charge in [-0.25, -0.2) is 4.68 Å². The fourth-order valence-corrected chi connectivity index (χ4v) is 1.69. The first-order chi connectivity index (χ1) is 8.11. The number of nitrogen functional groups attached to an aromatic ring is 1. The first-order valence-corrected chi connectivity index (χ1v) is 5.33. The monoisotopic (exact) mass is 250 g/mol. The van der Waals surface area contributed by atoms with Gasteiger partial charge in [-0.05, 0) is 24.3 Å². The molecule has 1 aromatic heterocycles. The van der Waals surface area contributed by atoms with Crippen LogP contribution in [0.3, 0.4) is 0 Å². The molecule has 0 saturated carbocycles. The third kappa shape index (κ3) is 2.24. The number of halogens is 1. The molecule has 0 aliphatic rings. The number of nitrogens with one attached hydrogen (secondary N) is 1. The van der Waals surface area contributed by atoms with Crippen LogP contribution in [0.5, 0.6) is 0 Å². The molecule has 5 nitrogen and oxygen atoms in total. The van der Waals surface area contributed by atoms with E-state index < -0.39 is 0 Å². The molecule has 1 amide bonds. The molecule has 3 N–H and O–H groups in total. The van der Waals surface area contributed by atoms with E-state index in [2.05, 4.69) is 10.4 Å². The van der Waals surface area contributed by atoms with E-state index in [1.807, 2.05) is 0 Å². The predicted molar refractivity (Wildman–Crippen MR) is 66.4 cm³/mol. The molecule has 6 heteroatoms. The Bertz CT molecular complexity index is 564. The quantitative estimate of drug-likeness (QED) is 0.793. The minimum absolute atomic E-state index is 0.240. The van der Waals surface area contributed by atoms with Crippen LogP contribution >= 0.6 is 11.6 Å². The van der Waals surface area contributed by atoms with E-state index in [0.29, 0.717) is 22.1 Å². The van der Waals surface area contributed by atoms with Crippen LogP contribution in [0.1, 0.15) is 10.5 Å². The van der Waals surface area contributed by atoms with Crippen molar-refractivity contribution in [2.24, 2.45) is 0 Å². The molecular weight excluding hydrogens is 240 g/mol. The molecule has 0 aliphatic heterocycles. The van der Waals surface area contributed by atoms with Gasteiger partial charge in [-0.2, -0.15) is 5.10 Å². The molecule has 1 heterocycles. The fraction of sp³-hybridized carbons (Fsp3) is 0.0909. The number of amides is 1. The summed E-state index contributed by atoms with van der Waals surface area (Å²) >= 11 is 6.05. The summed E-state index contributed by atoms with van der Waals surface area (Å²) in [6.07, 6.45) is 1.67. The van der Waals surface area contributed by atoms with Crippen LogP contribution in [-0.2, 0) is 0 Å². The van der Waals surface area contributed by atoms with Gasteiger partial charge in [0.15, 0.2) is 5.69 Å². The Hall–Kier alpha value is -2.01. The molecule has 2 rings (SSSR count). The van der Waals surface area contributed by atoms with Crippen LogP contribution < -0.4 is 11.1 Å². The smallest absolute Gasteiger partial charge is 0.271 e. The van der Waals surface area contributed by atoms with Gasteiger partial charge < -0.3 is 11.1 Å². The molecular formula is C11H11ClN4O. The van der Waals surface area contributed by atoms with Crippen LogP contribution in [0.4, 0.5) is 5.69 Å². The summed E-state index contributed by atoms with van der Waals surface area (Å²) in [4.78, 5) is 11.4. The minimum Gasteiger partial charge on any atom is -0.399 e. The van der Waals surface area contributed by atoms with E-state index >= 15 is 0 Å². The topological polar surface area (TPSA) is 72.9 Å². The Balaban J connectivity index is 2.40. The van der Waals surface area contributed by atoms with Crippen LogP contribution in [0.2, 0.25) is 5.02 Å². The summed E-state index contributed by atoms with van der Waals surface area (Å²) in [7, 11) is 1.55. The fourth-order valence-electron chi connectivity index (χ4n) is 1.42. The third-order valence-corrected chi connectivity index (χ3v) is 2.57. The van der Waals surface area contributed by atoms with E-state index in [9.17, 15) is 4.79 Å². The normalized spacial score (nSPS) is 10.2. The number of rotatable bonds is 2. The summed E-state index contributed by atoms with van der Waals surface area (Å²) < 4.78 is 1.53. The van der Waals surface area contributed by atoms with E-state index in [-0.39, 0.29) is 5.91 Å². The van der Waals surface area contributed by atoms with E-state index in [0.717, 1.165) is 0 Å². The van der Waals surface area contributed by atoms with Crippen molar-refractivity contribution < 1.29 is 4.79 Å². The Kier molecular flexibility index (Phi) is 3.01. The molecule has 0 unspecified atom stereocenters. The number of nitrogens with two attached hydrogens (primary N) is 1. The summed E-state index contributed by atoms with van der Waals surface area (Å²) in [6, 6.07) is 6.73. The molecule has 0 spiro atoms. The van der Waals surface area contributed by atoms with E-state index in [1.165, 1.54) is 4.68 Å². The Morgan fingerprint density at radius 2 is 2.24 bits per heavy atom. The van der Waals surface area contributed by atoms with Gasteiger partial charge in [-0.3, -0.25) is 4.79 Å². The molecule has 0 saturated heterocycles. The zero-order valence-electron chi connectivity index (χ0n) is 9.14. The lowest BCUT2D eigenvalue weighted by atomic mass is 10.3. The highest BCUT2D eigenvalue weighted by molar-refractivity contribution is 6.32. The van der Waals surface area contributed by atoms with Gasteiger partial charge in [-0.15, -0.1) is 0 Å². The Morgan fingerprint density at radius 3 is 2.88 bits per heavy atom. The molecule has 0 aliphatic carbocycles. The summed E-state index contributed by atoms with van der Waals surface area (Å²) in [6.45, 7) is 0. The average molecular weight is 251 g/mol. The zero-order chi connectivity index (χ0) is 12.4. The van der Waals surface area contributed by atoms with Gasteiger partial charge in [0, 0.05) is 18.9 Å². The molecule has 88 valence electrons. The highest BCUT2D eigenvalue weighted by atomic mass is 35.5. The van der Waals surface area contributed by atoms with Crippen molar-refractivity contribution in [3.05, 3.63) is 41.2 Å². The standard InChI is InChI=1S/C11H11ClN4O/c1-14-11(17)9-4-5-16(15-9)10-3-2-7(13)6-8(10)12/h2-6H,13H2,1H3,(H,14,17). The van der Waals surface area contributed by atoms with Crippen molar-refractivity contribution in [2.75, 3.05) is 12.8 Å². The SMILES string of the molecule is CNC(=O)c1ccn(-c2ccc(N)cc2Cl)n1. The number of nitrogens with zero attached hydrogens (tertiary/aromatic N) is 2. The maximum atomic E-state index is 11.4. The van der Waals surface area contributed by atoms with Gasteiger partial charge in [0.1, 0.15) is 0 Å². The number of hydrogen-bond acceptors (Lipinski definition) is 3. The summed E-state index contributed by atoms with van der Waals surface area (Å²) in [5.74, 6) is -0.240. The van der Waals surface area contributed by atoms with Gasteiger partial charge >= 0.3 is 0 Å². The molecule has 2 aromatic rings. The lowest BCUT2D eigenvalue weighted by Crippen LogP contribution is -2.18. The van der Waals surface area contributed by atoms with Gasteiger partial charge in [0.05, 0.1) is 10.7 Å². The Morgan fingerprint density at radius 1 is 1.47 bits per heavy atom. The van der Waals surface area contributed by atoms with Crippen LogP contribution in [0.25, 0.3) is 5.69 Å². The number of benzene rings is 1. The first-order valence-electron chi connectivity index (χ1n) is 4.95. The van der Waals surface area contributed by atoms with Crippen molar-refractivity contribution in [2.45, 2.75) is 0 Å². The van der Waals surface area contributed by atoms with Crippen molar-refractivity contribution in [1.29, 1.82) is 0 Å². The second kappa shape index (κ2) is 4.47. The number of hydrogen-bond donors (Lipinski definition) is 2. The highest BCUT2D eigenvalue weighted by Gasteiger charge is 2.09. The van der Waals surface area contributed by atoms with Crippen LogP contribution in [0, 0.1) is 0 Å². The molecule has 0 radical (unpaired) electrons. The van der Waals surface area contributed by atoms with Crippen molar-refractivity contribution >= 4 is 23.2 Å².